The summed E-state index contributed by atoms with van der Waals surface area (Å²) >= 11 is 1.43. The number of nitrogens with zero attached hydrogens (tertiary/aromatic N) is 3. The van der Waals surface area contributed by atoms with Crippen LogP contribution in [-0.4, -0.2) is 21.0 Å². The number of amidine groups is 1. The quantitative estimate of drug-likeness (QED) is 0.336. The zero-order valence-corrected chi connectivity index (χ0v) is 11.8. The van der Waals surface area contributed by atoms with Gasteiger partial charge in [-0.3, -0.25) is 0 Å². The average molecular weight is 296 g/mol. The molecular weight excluding hydrogens is 284 g/mol. The summed E-state index contributed by atoms with van der Waals surface area (Å²) in [6.45, 7) is 0. The van der Waals surface area contributed by atoms with Gasteiger partial charge in [-0.2, -0.15) is 0 Å². The van der Waals surface area contributed by atoms with E-state index in [-0.39, 0.29) is 5.84 Å². The Labute approximate surface area is 125 Å². The molecule has 21 heavy (non-hydrogen) atoms. The minimum atomic E-state index is 0.0662. The highest BCUT2D eigenvalue weighted by Gasteiger charge is 2.10. The second kappa shape index (κ2) is 5.80. The Hall–Kier alpha value is -2.60. The van der Waals surface area contributed by atoms with E-state index in [4.69, 9.17) is 10.9 Å². The molecule has 0 fully saturated rings. The lowest BCUT2D eigenvalue weighted by Crippen LogP contribution is -2.14. The van der Waals surface area contributed by atoms with Crippen molar-refractivity contribution < 1.29 is 5.21 Å². The number of benzene rings is 1. The third kappa shape index (κ3) is 2.80. The molecule has 0 aliphatic carbocycles. The van der Waals surface area contributed by atoms with E-state index < -0.39 is 0 Å². The molecule has 0 atom stereocenters. The van der Waals surface area contributed by atoms with Crippen molar-refractivity contribution in [2.45, 2.75) is 10.1 Å². The molecule has 5 nitrogen and oxygen atoms in total. The highest BCUT2D eigenvalue weighted by Crippen LogP contribution is 2.28. The van der Waals surface area contributed by atoms with Gasteiger partial charge < -0.3 is 10.9 Å². The van der Waals surface area contributed by atoms with Gasteiger partial charge in [0, 0.05) is 17.1 Å². The van der Waals surface area contributed by atoms with E-state index in [0.717, 1.165) is 21.0 Å². The van der Waals surface area contributed by atoms with Crippen LogP contribution in [0.25, 0.3) is 10.9 Å². The van der Waals surface area contributed by atoms with Crippen LogP contribution in [0.15, 0.2) is 69.9 Å². The van der Waals surface area contributed by atoms with Crippen molar-refractivity contribution in [2.75, 3.05) is 0 Å². The molecule has 6 heteroatoms. The first-order valence-electron chi connectivity index (χ1n) is 6.24. The van der Waals surface area contributed by atoms with Crippen LogP contribution in [-0.2, 0) is 0 Å². The minimum absolute atomic E-state index is 0.0662. The second-order valence-corrected chi connectivity index (χ2v) is 5.32. The summed E-state index contributed by atoms with van der Waals surface area (Å²) in [6, 6.07) is 15.1. The summed E-state index contributed by atoms with van der Waals surface area (Å²) < 4.78 is 0. The molecule has 0 spiro atoms. The maximum atomic E-state index is 8.95. The monoisotopic (exact) mass is 296 g/mol. The average Bonchev–Trinajstić information content (AvgIpc) is 2.54. The fourth-order valence-corrected chi connectivity index (χ4v) is 2.78. The van der Waals surface area contributed by atoms with Crippen molar-refractivity contribution in [1.82, 2.24) is 9.97 Å². The number of hydrogen-bond acceptors (Lipinski definition) is 5. The standard InChI is InChI=1S/C15H12N4OS/c16-15(19-20)11-9-14(21-13-7-3-4-8-17-13)18-12-6-2-1-5-10(11)12/h1-9,20H,(H2,16,19). The predicted octanol–water partition coefficient (Wildman–Crippen LogP) is 2.88. The van der Waals surface area contributed by atoms with E-state index in [9.17, 15) is 0 Å². The largest absolute Gasteiger partial charge is 0.409 e. The maximum absolute atomic E-state index is 8.95. The van der Waals surface area contributed by atoms with Gasteiger partial charge in [-0.15, -0.1) is 0 Å². The van der Waals surface area contributed by atoms with Crippen molar-refractivity contribution in [2.24, 2.45) is 10.9 Å². The number of hydrogen-bond donors (Lipinski definition) is 2. The van der Waals surface area contributed by atoms with Crippen molar-refractivity contribution >= 4 is 28.5 Å². The lowest BCUT2D eigenvalue weighted by Gasteiger charge is -2.08. The molecule has 0 aliphatic heterocycles. The molecule has 1 aromatic carbocycles. The summed E-state index contributed by atoms with van der Waals surface area (Å²) in [5.41, 5.74) is 7.22. The van der Waals surface area contributed by atoms with Gasteiger partial charge in [0.15, 0.2) is 5.84 Å². The van der Waals surface area contributed by atoms with Crippen molar-refractivity contribution in [3.63, 3.8) is 0 Å². The Morgan fingerprint density at radius 1 is 1.10 bits per heavy atom. The third-order valence-electron chi connectivity index (χ3n) is 2.92. The van der Waals surface area contributed by atoms with Gasteiger partial charge in [-0.05, 0) is 24.3 Å². The Balaban J connectivity index is 2.12. The van der Waals surface area contributed by atoms with Crippen LogP contribution >= 0.6 is 11.8 Å². The Kier molecular flexibility index (Phi) is 3.70. The molecular formula is C15H12N4OS. The first-order valence-corrected chi connectivity index (χ1v) is 7.06. The zero-order chi connectivity index (χ0) is 14.7. The SMILES string of the molecule is NC(=NO)c1cc(Sc2ccccn2)nc2ccccc12. The number of aromatic nitrogens is 2. The number of rotatable bonds is 3. The number of nitrogens with two attached hydrogens (primary N) is 1. The van der Waals surface area contributed by atoms with Gasteiger partial charge in [0.2, 0.25) is 0 Å². The highest BCUT2D eigenvalue weighted by atomic mass is 32.2. The van der Waals surface area contributed by atoms with Crippen LogP contribution in [0.2, 0.25) is 0 Å². The van der Waals surface area contributed by atoms with Crippen LogP contribution in [0.1, 0.15) is 5.56 Å². The Morgan fingerprint density at radius 3 is 2.67 bits per heavy atom. The number of pyridine rings is 2. The van der Waals surface area contributed by atoms with E-state index in [1.54, 1.807) is 12.3 Å². The first kappa shape index (κ1) is 13.4. The van der Waals surface area contributed by atoms with Crippen LogP contribution in [0, 0.1) is 0 Å². The fraction of sp³-hybridized carbons (Fsp3) is 0. The molecule has 3 N–H and O–H groups in total. The summed E-state index contributed by atoms with van der Waals surface area (Å²) in [5.74, 6) is 0.0662. The predicted molar refractivity (Wildman–Crippen MR) is 82.6 cm³/mol. The van der Waals surface area contributed by atoms with Gasteiger partial charge in [0.1, 0.15) is 10.1 Å². The molecule has 0 saturated heterocycles. The molecule has 2 heterocycles. The molecule has 3 aromatic rings. The molecule has 0 amide bonds. The molecule has 3 rings (SSSR count). The smallest absolute Gasteiger partial charge is 0.170 e. The normalized spacial score (nSPS) is 11.7. The van der Waals surface area contributed by atoms with Crippen molar-refractivity contribution in [3.05, 3.63) is 60.3 Å². The van der Waals surface area contributed by atoms with E-state index in [1.165, 1.54) is 11.8 Å². The lowest BCUT2D eigenvalue weighted by atomic mass is 10.1. The first-order chi connectivity index (χ1) is 10.3. The van der Waals surface area contributed by atoms with Crippen molar-refractivity contribution in [1.29, 1.82) is 0 Å². The molecule has 0 saturated carbocycles. The van der Waals surface area contributed by atoms with Crippen molar-refractivity contribution in [3.8, 4) is 0 Å². The van der Waals surface area contributed by atoms with Crippen LogP contribution in [0.3, 0.4) is 0 Å². The minimum Gasteiger partial charge on any atom is -0.409 e. The number of oxime groups is 1. The van der Waals surface area contributed by atoms with Crippen LogP contribution < -0.4 is 5.73 Å². The lowest BCUT2D eigenvalue weighted by molar-refractivity contribution is 0.318. The Bertz CT molecular complexity index is 805. The number of fused-ring (bicyclic) bond motifs is 1. The zero-order valence-electron chi connectivity index (χ0n) is 11.0. The van der Waals surface area contributed by atoms with Gasteiger partial charge in [0.25, 0.3) is 0 Å². The van der Waals surface area contributed by atoms with Gasteiger partial charge in [-0.25, -0.2) is 9.97 Å². The molecule has 0 unspecified atom stereocenters. The van der Waals surface area contributed by atoms with E-state index >= 15 is 0 Å². The van der Waals surface area contributed by atoms with E-state index in [0.29, 0.717) is 5.56 Å². The summed E-state index contributed by atoms with van der Waals surface area (Å²) in [7, 11) is 0. The van der Waals surface area contributed by atoms with Gasteiger partial charge >= 0.3 is 0 Å². The fourth-order valence-electron chi connectivity index (χ4n) is 1.98. The van der Waals surface area contributed by atoms with E-state index in [1.807, 2.05) is 42.5 Å². The molecule has 104 valence electrons. The number of para-hydroxylation sites is 1. The van der Waals surface area contributed by atoms with Gasteiger partial charge in [-0.1, -0.05) is 41.2 Å². The van der Waals surface area contributed by atoms with Crippen LogP contribution in [0.4, 0.5) is 0 Å². The van der Waals surface area contributed by atoms with Gasteiger partial charge in [0.05, 0.1) is 5.52 Å². The molecule has 0 bridgehead atoms. The molecule has 0 aliphatic rings. The topological polar surface area (TPSA) is 84.4 Å². The van der Waals surface area contributed by atoms with Crippen LogP contribution in [0.5, 0.6) is 0 Å². The third-order valence-corrected chi connectivity index (χ3v) is 3.79. The summed E-state index contributed by atoms with van der Waals surface area (Å²) in [5, 5.41) is 14.5. The van der Waals surface area contributed by atoms with E-state index in [2.05, 4.69) is 15.1 Å². The summed E-state index contributed by atoms with van der Waals surface area (Å²) in [4.78, 5) is 8.84. The Morgan fingerprint density at radius 2 is 1.90 bits per heavy atom. The maximum Gasteiger partial charge on any atom is 0.170 e. The molecule has 2 aromatic heterocycles. The second-order valence-electron chi connectivity index (χ2n) is 4.28. The summed E-state index contributed by atoms with van der Waals surface area (Å²) in [6.07, 6.45) is 1.73. The highest BCUT2D eigenvalue weighted by molar-refractivity contribution is 7.99. The molecule has 0 radical (unpaired) electrons.